The summed E-state index contributed by atoms with van der Waals surface area (Å²) in [4.78, 5) is 16.1. The molecule has 0 fully saturated rings. The monoisotopic (exact) mass is 261 g/mol. The van der Waals surface area contributed by atoms with E-state index in [2.05, 4.69) is 23.2 Å². The van der Waals surface area contributed by atoms with E-state index in [0.29, 0.717) is 0 Å². The van der Waals surface area contributed by atoms with Crippen molar-refractivity contribution >= 4 is 10.9 Å². The summed E-state index contributed by atoms with van der Waals surface area (Å²) < 4.78 is 0. The fourth-order valence-electron chi connectivity index (χ4n) is 3.18. The molecule has 2 nitrogen and oxygen atoms in total. The number of aromatic nitrogens is 1. The molecule has 1 aliphatic rings. The Morgan fingerprint density at radius 2 is 1.75 bits per heavy atom. The van der Waals surface area contributed by atoms with E-state index in [0.717, 1.165) is 52.5 Å². The van der Waals surface area contributed by atoms with E-state index >= 15 is 0 Å². The molecule has 1 aromatic heterocycles. The summed E-state index contributed by atoms with van der Waals surface area (Å²) in [5, 5.41) is 0.812. The van der Waals surface area contributed by atoms with E-state index in [1.54, 1.807) is 0 Å². The predicted octanol–water partition coefficient (Wildman–Crippen LogP) is 3.68. The van der Waals surface area contributed by atoms with Gasteiger partial charge in [-0.1, -0.05) is 42.5 Å². The molecule has 1 N–H and O–H groups in total. The van der Waals surface area contributed by atoms with Gasteiger partial charge in [-0.2, -0.15) is 0 Å². The summed E-state index contributed by atoms with van der Waals surface area (Å²) in [5.41, 5.74) is 5.56. The van der Waals surface area contributed by atoms with Crippen LogP contribution in [-0.4, -0.2) is 4.98 Å². The van der Waals surface area contributed by atoms with Gasteiger partial charge in [0.2, 0.25) is 0 Å². The van der Waals surface area contributed by atoms with E-state index in [9.17, 15) is 4.79 Å². The third-order valence-electron chi connectivity index (χ3n) is 4.16. The van der Waals surface area contributed by atoms with Crippen molar-refractivity contribution in [2.75, 3.05) is 0 Å². The van der Waals surface area contributed by atoms with E-state index in [1.165, 1.54) is 0 Å². The summed E-state index contributed by atoms with van der Waals surface area (Å²) in [6, 6.07) is 16.2. The second-order valence-electron chi connectivity index (χ2n) is 5.36. The van der Waals surface area contributed by atoms with Crippen molar-refractivity contribution < 1.29 is 0 Å². The SMILES string of the molecule is O=c1c2c([nH]c3c(-c4ccccc4)cccc13)CCC2. The number of rotatable bonds is 1. The van der Waals surface area contributed by atoms with E-state index in [-0.39, 0.29) is 5.43 Å². The molecule has 2 aromatic carbocycles. The molecule has 0 saturated heterocycles. The molecule has 98 valence electrons. The van der Waals surface area contributed by atoms with Gasteiger partial charge in [-0.3, -0.25) is 4.79 Å². The van der Waals surface area contributed by atoms with Crippen molar-refractivity contribution in [2.24, 2.45) is 0 Å². The van der Waals surface area contributed by atoms with Crippen LogP contribution < -0.4 is 5.43 Å². The molecule has 0 bridgehead atoms. The molecule has 0 amide bonds. The van der Waals surface area contributed by atoms with Crippen LogP contribution in [0.1, 0.15) is 17.7 Å². The summed E-state index contributed by atoms with van der Waals surface area (Å²) in [6.45, 7) is 0. The largest absolute Gasteiger partial charge is 0.357 e. The van der Waals surface area contributed by atoms with Crippen molar-refractivity contribution in [1.29, 1.82) is 0 Å². The number of H-pyrrole nitrogens is 1. The van der Waals surface area contributed by atoms with Gasteiger partial charge >= 0.3 is 0 Å². The number of hydrogen-bond acceptors (Lipinski definition) is 1. The third kappa shape index (κ3) is 1.61. The summed E-state index contributed by atoms with van der Waals surface area (Å²) in [5.74, 6) is 0. The molecule has 2 heteroatoms. The van der Waals surface area contributed by atoms with Gasteiger partial charge in [0.05, 0.1) is 5.52 Å². The zero-order valence-corrected chi connectivity index (χ0v) is 11.1. The van der Waals surface area contributed by atoms with Crippen LogP contribution in [0.4, 0.5) is 0 Å². The number of para-hydroxylation sites is 1. The second kappa shape index (κ2) is 4.34. The molecular weight excluding hydrogens is 246 g/mol. The average molecular weight is 261 g/mol. The lowest BCUT2D eigenvalue weighted by Gasteiger charge is -2.09. The van der Waals surface area contributed by atoms with Crippen LogP contribution in [0.5, 0.6) is 0 Å². The third-order valence-corrected chi connectivity index (χ3v) is 4.16. The van der Waals surface area contributed by atoms with Crippen molar-refractivity contribution in [3.63, 3.8) is 0 Å². The lowest BCUT2D eigenvalue weighted by molar-refractivity contribution is 0.900. The molecule has 0 spiro atoms. The average Bonchev–Trinajstić information content (AvgIpc) is 2.97. The Balaban J connectivity index is 2.09. The molecule has 0 radical (unpaired) electrons. The quantitative estimate of drug-likeness (QED) is 0.712. The van der Waals surface area contributed by atoms with Crippen LogP contribution in [0, 0.1) is 0 Å². The highest BCUT2D eigenvalue weighted by molar-refractivity contribution is 5.94. The lowest BCUT2D eigenvalue weighted by atomic mass is 10.0. The number of hydrogen-bond donors (Lipinski definition) is 1. The van der Waals surface area contributed by atoms with Gasteiger partial charge in [0, 0.05) is 22.2 Å². The fourth-order valence-corrected chi connectivity index (χ4v) is 3.18. The van der Waals surface area contributed by atoms with Crippen molar-refractivity contribution in [3.8, 4) is 11.1 Å². The van der Waals surface area contributed by atoms with Gasteiger partial charge in [-0.15, -0.1) is 0 Å². The first kappa shape index (κ1) is 11.5. The molecule has 0 atom stereocenters. The molecule has 20 heavy (non-hydrogen) atoms. The lowest BCUT2D eigenvalue weighted by Crippen LogP contribution is -2.10. The Bertz CT molecular complexity index is 846. The predicted molar refractivity (Wildman–Crippen MR) is 82.0 cm³/mol. The van der Waals surface area contributed by atoms with Crippen molar-refractivity contribution in [1.82, 2.24) is 4.98 Å². The highest BCUT2D eigenvalue weighted by Crippen LogP contribution is 2.28. The summed E-state index contributed by atoms with van der Waals surface area (Å²) >= 11 is 0. The maximum absolute atomic E-state index is 12.6. The number of benzene rings is 2. The number of fused-ring (bicyclic) bond motifs is 2. The highest BCUT2D eigenvalue weighted by Gasteiger charge is 2.18. The normalized spacial score (nSPS) is 13.6. The Hall–Kier alpha value is -2.35. The Morgan fingerprint density at radius 3 is 2.60 bits per heavy atom. The fraction of sp³-hybridized carbons (Fsp3) is 0.167. The summed E-state index contributed by atoms with van der Waals surface area (Å²) in [6.07, 6.45) is 2.98. The standard InChI is InChI=1S/C18H15NO/c20-18-14-9-5-11-16(14)19-17-13(8-4-10-15(17)18)12-6-2-1-3-7-12/h1-4,6-8,10H,5,9,11H2,(H,19,20). The van der Waals surface area contributed by atoms with E-state index < -0.39 is 0 Å². The Labute approximate surface area is 117 Å². The molecule has 4 rings (SSSR count). The molecule has 0 aliphatic heterocycles. The molecule has 1 aliphatic carbocycles. The number of aryl methyl sites for hydroxylation is 1. The zero-order valence-electron chi connectivity index (χ0n) is 11.1. The van der Waals surface area contributed by atoms with Crippen LogP contribution in [0.2, 0.25) is 0 Å². The minimum Gasteiger partial charge on any atom is -0.357 e. The highest BCUT2D eigenvalue weighted by atomic mass is 16.1. The van der Waals surface area contributed by atoms with Crippen molar-refractivity contribution in [2.45, 2.75) is 19.3 Å². The van der Waals surface area contributed by atoms with Gasteiger partial charge in [0.1, 0.15) is 0 Å². The molecule has 0 unspecified atom stereocenters. The molecule has 0 saturated carbocycles. The molecular formula is C18H15NO. The first-order valence-corrected chi connectivity index (χ1v) is 7.07. The number of aromatic amines is 1. The van der Waals surface area contributed by atoms with Crippen LogP contribution in [0.25, 0.3) is 22.0 Å². The Morgan fingerprint density at radius 1 is 0.900 bits per heavy atom. The van der Waals surface area contributed by atoms with Crippen LogP contribution in [0.3, 0.4) is 0 Å². The van der Waals surface area contributed by atoms with Gasteiger partial charge in [0.25, 0.3) is 0 Å². The maximum atomic E-state index is 12.6. The zero-order chi connectivity index (χ0) is 13.5. The maximum Gasteiger partial charge on any atom is 0.192 e. The summed E-state index contributed by atoms with van der Waals surface area (Å²) in [7, 11) is 0. The topological polar surface area (TPSA) is 32.9 Å². The first-order chi connectivity index (χ1) is 9.84. The van der Waals surface area contributed by atoms with E-state index in [4.69, 9.17) is 0 Å². The van der Waals surface area contributed by atoms with Crippen LogP contribution in [-0.2, 0) is 12.8 Å². The van der Waals surface area contributed by atoms with Gasteiger partial charge in [-0.05, 0) is 30.9 Å². The minimum absolute atomic E-state index is 0.212. The Kier molecular flexibility index (Phi) is 2.49. The number of nitrogens with one attached hydrogen (secondary N) is 1. The second-order valence-corrected chi connectivity index (χ2v) is 5.36. The smallest absolute Gasteiger partial charge is 0.192 e. The minimum atomic E-state index is 0.212. The van der Waals surface area contributed by atoms with Gasteiger partial charge in [0.15, 0.2) is 5.43 Å². The van der Waals surface area contributed by atoms with Gasteiger partial charge < -0.3 is 4.98 Å². The number of pyridine rings is 1. The van der Waals surface area contributed by atoms with Gasteiger partial charge in [-0.25, -0.2) is 0 Å². The first-order valence-electron chi connectivity index (χ1n) is 7.07. The molecule has 1 heterocycles. The van der Waals surface area contributed by atoms with Crippen LogP contribution >= 0.6 is 0 Å². The van der Waals surface area contributed by atoms with E-state index in [1.807, 2.05) is 30.3 Å². The van der Waals surface area contributed by atoms with Crippen molar-refractivity contribution in [3.05, 3.63) is 70.0 Å². The van der Waals surface area contributed by atoms with Crippen LogP contribution in [0.15, 0.2) is 53.3 Å². The molecule has 3 aromatic rings.